The molecule has 1 aromatic heterocycles. The van der Waals surface area contributed by atoms with Crippen LogP contribution in [0.1, 0.15) is 23.5 Å². The first-order valence-corrected chi connectivity index (χ1v) is 9.16. The normalized spacial score (nSPS) is 15.4. The maximum absolute atomic E-state index is 13.7. The third-order valence-corrected chi connectivity index (χ3v) is 4.82. The van der Waals surface area contributed by atoms with Gasteiger partial charge in [-0.05, 0) is 35.9 Å². The summed E-state index contributed by atoms with van der Waals surface area (Å²) in [4.78, 5) is 12.4. The van der Waals surface area contributed by atoms with E-state index >= 15 is 0 Å². The fraction of sp³-hybridized carbons (Fsp3) is 0.182. The van der Waals surface area contributed by atoms with Gasteiger partial charge < -0.3 is 14.8 Å². The van der Waals surface area contributed by atoms with Crippen LogP contribution >= 0.6 is 0 Å². The zero-order valence-electron chi connectivity index (χ0n) is 15.9. The fourth-order valence-corrected chi connectivity index (χ4v) is 3.49. The van der Waals surface area contributed by atoms with Crippen LogP contribution in [0.2, 0.25) is 0 Å². The highest BCUT2D eigenvalue weighted by molar-refractivity contribution is 5.94. The predicted octanol–water partition coefficient (Wildman–Crippen LogP) is 4.06. The number of carbonyl (C=O) groups excluding carboxylic acids is 1. The van der Waals surface area contributed by atoms with E-state index in [1.54, 1.807) is 36.2 Å². The quantitative estimate of drug-likeness (QED) is 0.642. The second kappa shape index (κ2) is 7.79. The van der Waals surface area contributed by atoms with Crippen LogP contribution in [0.5, 0.6) is 11.5 Å². The van der Waals surface area contributed by atoms with Gasteiger partial charge >= 0.3 is 0 Å². The van der Waals surface area contributed by atoms with Crippen LogP contribution in [0, 0.1) is 5.82 Å². The van der Waals surface area contributed by atoms with Crippen LogP contribution < -0.4 is 14.8 Å². The van der Waals surface area contributed by atoms with E-state index in [4.69, 9.17) is 9.47 Å². The fourth-order valence-electron chi connectivity index (χ4n) is 3.49. The van der Waals surface area contributed by atoms with E-state index in [0.29, 0.717) is 29.6 Å². The van der Waals surface area contributed by atoms with Crippen molar-refractivity contribution in [3.05, 3.63) is 78.3 Å². The number of hydrogen-bond acceptors (Lipinski definition) is 4. The number of aromatic nitrogens is 2. The van der Waals surface area contributed by atoms with Crippen molar-refractivity contribution in [2.45, 2.75) is 12.3 Å². The SMILES string of the molecule is C=CCOc1ccc(C2CC(=O)Nc3c2cnn3-c2cccc(F)c2)cc1OC. The highest BCUT2D eigenvalue weighted by Gasteiger charge is 2.31. The molecule has 0 saturated carbocycles. The number of rotatable bonds is 6. The molecule has 0 saturated heterocycles. The number of ether oxygens (including phenoxy) is 2. The summed E-state index contributed by atoms with van der Waals surface area (Å²) in [5, 5.41) is 7.25. The van der Waals surface area contributed by atoms with Crippen molar-refractivity contribution >= 4 is 11.7 Å². The average Bonchev–Trinajstić information content (AvgIpc) is 3.15. The van der Waals surface area contributed by atoms with Crippen molar-refractivity contribution in [3.63, 3.8) is 0 Å². The number of methoxy groups -OCH3 is 1. The highest BCUT2D eigenvalue weighted by Crippen LogP contribution is 2.40. The van der Waals surface area contributed by atoms with Gasteiger partial charge in [-0.3, -0.25) is 4.79 Å². The highest BCUT2D eigenvalue weighted by atomic mass is 19.1. The second-order valence-corrected chi connectivity index (χ2v) is 6.66. The summed E-state index contributed by atoms with van der Waals surface area (Å²) in [6, 6.07) is 11.7. The molecular formula is C22H20FN3O3. The summed E-state index contributed by atoms with van der Waals surface area (Å²) >= 11 is 0. The van der Waals surface area contributed by atoms with Crippen molar-refractivity contribution in [1.82, 2.24) is 9.78 Å². The van der Waals surface area contributed by atoms with E-state index in [9.17, 15) is 9.18 Å². The molecule has 2 heterocycles. The lowest BCUT2D eigenvalue weighted by Gasteiger charge is -2.24. The van der Waals surface area contributed by atoms with Gasteiger partial charge in [0.15, 0.2) is 11.5 Å². The number of hydrogen-bond donors (Lipinski definition) is 1. The minimum absolute atomic E-state index is 0.133. The summed E-state index contributed by atoms with van der Waals surface area (Å²) in [6.07, 6.45) is 3.64. The Morgan fingerprint density at radius 3 is 2.93 bits per heavy atom. The van der Waals surface area contributed by atoms with Gasteiger partial charge in [0.1, 0.15) is 18.2 Å². The molecule has 3 aromatic rings. The Bertz CT molecular complexity index is 1080. The number of amides is 1. The Hall–Kier alpha value is -3.61. The Labute approximate surface area is 167 Å². The van der Waals surface area contributed by atoms with Gasteiger partial charge in [0.25, 0.3) is 0 Å². The first-order valence-electron chi connectivity index (χ1n) is 9.16. The van der Waals surface area contributed by atoms with Gasteiger partial charge in [-0.25, -0.2) is 9.07 Å². The van der Waals surface area contributed by atoms with E-state index in [-0.39, 0.29) is 24.1 Å². The van der Waals surface area contributed by atoms with E-state index in [1.165, 1.54) is 12.1 Å². The van der Waals surface area contributed by atoms with Gasteiger partial charge in [-0.1, -0.05) is 24.8 Å². The summed E-state index contributed by atoms with van der Waals surface area (Å²) in [6.45, 7) is 4.01. The average molecular weight is 393 g/mol. The lowest BCUT2D eigenvalue weighted by molar-refractivity contribution is -0.116. The van der Waals surface area contributed by atoms with Crippen LogP contribution in [0.3, 0.4) is 0 Å². The van der Waals surface area contributed by atoms with Crippen LogP contribution in [-0.2, 0) is 4.79 Å². The lowest BCUT2D eigenvalue weighted by atomic mass is 9.87. The molecule has 0 spiro atoms. The third-order valence-electron chi connectivity index (χ3n) is 4.82. The van der Waals surface area contributed by atoms with Crippen molar-refractivity contribution in [1.29, 1.82) is 0 Å². The number of nitrogens with one attached hydrogen (secondary N) is 1. The number of carbonyl (C=O) groups is 1. The van der Waals surface area contributed by atoms with Crippen molar-refractivity contribution in [2.24, 2.45) is 0 Å². The monoisotopic (exact) mass is 393 g/mol. The van der Waals surface area contributed by atoms with Crippen LogP contribution in [0.15, 0.2) is 61.3 Å². The first-order chi connectivity index (χ1) is 14.1. The molecule has 2 aromatic carbocycles. The Morgan fingerprint density at radius 1 is 1.31 bits per heavy atom. The number of fused-ring (bicyclic) bond motifs is 1. The van der Waals surface area contributed by atoms with E-state index < -0.39 is 0 Å². The summed E-state index contributed by atoms with van der Waals surface area (Å²) in [7, 11) is 1.57. The predicted molar refractivity (Wildman–Crippen MR) is 107 cm³/mol. The molecule has 1 N–H and O–H groups in total. The zero-order chi connectivity index (χ0) is 20.4. The molecule has 4 rings (SSSR count). The summed E-state index contributed by atoms with van der Waals surface area (Å²) < 4.78 is 26.3. The number of benzene rings is 2. The maximum Gasteiger partial charge on any atom is 0.226 e. The number of halogens is 1. The van der Waals surface area contributed by atoms with Crippen molar-refractivity contribution in [3.8, 4) is 17.2 Å². The van der Waals surface area contributed by atoms with Gasteiger partial charge in [0.05, 0.1) is 19.0 Å². The lowest BCUT2D eigenvalue weighted by Crippen LogP contribution is -2.24. The summed E-state index contributed by atoms with van der Waals surface area (Å²) in [5.41, 5.74) is 2.30. The minimum Gasteiger partial charge on any atom is -0.493 e. The molecule has 148 valence electrons. The van der Waals surface area contributed by atoms with Gasteiger partial charge in [0.2, 0.25) is 5.91 Å². The van der Waals surface area contributed by atoms with Crippen LogP contribution in [-0.4, -0.2) is 29.4 Å². The molecular weight excluding hydrogens is 373 g/mol. The number of anilines is 1. The molecule has 6 nitrogen and oxygen atoms in total. The zero-order valence-corrected chi connectivity index (χ0v) is 15.9. The third kappa shape index (κ3) is 3.59. The van der Waals surface area contributed by atoms with Crippen LogP contribution in [0.25, 0.3) is 5.69 Å². The van der Waals surface area contributed by atoms with Gasteiger partial charge in [-0.15, -0.1) is 0 Å². The molecule has 1 atom stereocenters. The van der Waals surface area contributed by atoms with Crippen LogP contribution in [0.4, 0.5) is 10.2 Å². The van der Waals surface area contributed by atoms with Crippen molar-refractivity contribution in [2.75, 3.05) is 19.0 Å². The Kier molecular flexibility index (Phi) is 5.03. The van der Waals surface area contributed by atoms with Crippen molar-refractivity contribution < 1.29 is 18.7 Å². The van der Waals surface area contributed by atoms with E-state index in [2.05, 4.69) is 17.0 Å². The Morgan fingerprint density at radius 2 is 2.17 bits per heavy atom. The Balaban J connectivity index is 1.74. The minimum atomic E-state index is -0.370. The first kappa shape index (κ1) is 18.7. The summed E-state index contributed by atoms with van der Waals surface area (Å²) in [5.74, 6) is 1.02. The molecule has 1 aliphatic heterocycles. The van der Waals surface area contributed by atoms with E-state index in [0.717, 1.165) is 11.1 Å². The molecule has 29 heavy (non-hydrogen) atoms. The second-order valence-electron chi connectivity index (χ2n) is 6.66. The molecule has 0 bridgehead atoms. The largest absolute Gasteiger partial charge is 0.493 e. The van der Waals surface area contributed by atoms with Gasteiger partial charge in [0, 0.05) is 17.9 Å². The molecule has 0 radical (unpaired) electrons. The molecule has 1 aliphatic rings. The maximum atomic E-state index is 13.7. The molecule has 0 aliphatic carbocycles. The van der Waals surface area contributed by atoms with E-state index in [1.807, 2.05) is 18.2 Å². The molecule has 7 heteroatoms. The molecule has 0 fully saturated rings. The molecule has 1 unspecified atom stereocenters. The molecule has 1 amide bonds. The topological polar surface area (TPSA) is 65.4 Å². The smallest absolute Gasteiger partial charge is 0.226 e. The standard InChI is InChI=1S/C22H20FN3O3/c1-3-9-29-19-8-7-14(10-20(19)28-2)17-12-21(27)25-22-18(17)13-24-26(22)16-6-4-5-15(23)11-16/h3-8,10-11,13,17H,1,9,12H2,2H3,(H,25,27). The van der Waals surface area contributed by atoms with Gasteiger partial charge in [-0.2, -0.15) is 5.10 Å². The number of nitrogens with zero attached hydrogens (tertiary/aromatic N) is 2.